The van der Waals surface area contributed by atoms with Crippen LogP contribution in [0.1, 0.15) is 36.0 Å². The summed E-state index contributed by atoms with van der Waals surface area (Å²) in [6.07, 6.45) is 5.09. The predicted molar refractivity (Wildman–Crippen MR) is 78.3 cm³/mol. The number of nitrogens with one attached hydrogen (secondary N) is 1. The number of amides is 1. The molecule has 1 heterocycles. The van der Waals surface area contributed by atoms with Gasteiger partial charge in [0.15, 0.2) is 5.13 Å². The number of aromatic nitrogens is 1. The number of thiazole rings is 1. The van der Waals surface area contributed by atoms with Crippen molar-refractivity contribution in [2.45, 2.75) is 25.7 Å². The molecule has 3 rings (SSSR count). The molecule has 4 nitrogen and oxygen atoms in total. The maximum absolute atomic E-state index is 12.0. The van der Waals surface area contributed by atoms with Crippen molar-refractivity contribution >= 4 is 32.6 Å². The molecular formula is C14H17N3OS. The van der Waals surface area contributed by atoms with E-state index in [1.165, 1.54) is 30.6 Å². The molecule has 1 aliphatic carbocycles. The first-order valence-electron chi connectivity index (χ1n) is 6.66. The van der Waals surface area contributed by atoms with E-state index < -0.39 is 0 Å². The van der Waals surface area contributed by atoms with Gasteiger partial charge in [-0.25, -0.2) is 4.98 Å². The molecule has 0 aliphatic heterocycles. The van der Waals surface area contributed by atoms with Crippen molar-refractivity contribution in [3.05, 3.63) is 23.8 Å². The first kappa shape index (κ1) is 12.4. The van der Waals surface area contributed by atoms with Gasteiger partial charge in [-0.2, -0.15) is 0 Å². The lowest BCUT2D eigenvalue weighted by Gasteiger charge is -2.25. The van der Waals surface area contributed by atoms with Gasteiger partial charge >= 0.3 is 0 Å². The first-order valence-corrected chi connectivity index (χ1v) is 7.48. The Morgan fingerprint density at radius 3 is 3.05 bits per heavy atom. The molecule has 2 aromatic rings. The highest BCUT2D eigenvalue weighted by Crippen LogP contribution is 2.28. The van der Waals surface area contributed by atoms with Crippen molar-refractivity contribution in [1.29, 1.82) is 0 Å². The van der Waals surface area contributed by atoms with Crippen LogP contribution in [0.25, 0.3) is 10.2 Å². The van der Waals surface area contributed by atoms with Crippen LogP contribution in [0.2, 0.25) is 0 Å². The fraction of sp³-hybridized carbons (Fsp3) is 0.429. The summed E-state index contributed by atoms with van der Waals surface area (Å²) in [6.45, 7) is 0.770. The Bertz CT molecular complexity index is 604. The summed E-state index contributed by atoms with van der Waals surface area (Å²) in [5.74, 6) is 0.817. The van der Waals surface area contributed by atoms with Crippen molar-refractivity contribution in [2.75, 3.05) is 12.3 Å². The Kier molecular flexibility index (Phi) is 3.38. The lowest BCUT2D eigenvalue weighted by molar-refractivity contribution is 0.0949. The number of anilines is 1. The number of nitrogens with two attached hydrogens (primary N) is 1. The molecule has 19 heavy (non-hydrogen) atoms. The molecule has 1 fully saturated rings. The monoisotopic (exact) mass is 275 g/mol. The van der Waals surface area contributed by atoms with Gasteiger partial charge in [0.25, 0.3) is 5.91 Å². The molecule has 1 saturated carbocycles. The van der Waals surface area contributed by atoms with Crippen LogP contribution in [-0.4, -0.2) is 17.4 Å². The number of rotatable bonds is 4. The third kappa shape index (κ3) is 2.71. The molecule has 5 heteroatoms. The third-order valence-corrected chi connectivity index (χ3v) is 4.58. The largest absolute Gasteiger partial charge is 0.375 e. The van der Waals surface area contributed by atoms with Gasteiger partial charge in [-0.05, 0) is 30.5 Å². The zero-order chi connectivity index (χ0) is 13.2. The quantitative estimate of drug-likeness (QED) is 0.901. The number of nitrogens with zero attached hydrogens (tertiary/aromatic N) is 1. The second-order valence-electron chi connectivity index (χ2n) is 5.08. The Morgan fingerprint density at radius 1 is 1.47 bits per heavy atom. The fourth-order valence-electron chi connectivity index (χ4n) is 2.36. The minimum absolute atomic E-state index is 0.00630. The van der Waals surface area contributed by atoms with Crippen LogP contribution in [0, 0.1) is 5.92 Å². The standard InChI is InChI=1S/C14H17N3OS/c15-14-17-11-5-4-10(8-12(11)19-14)13(18)16-7-6-9-2-1-3-9/h4-5,8-9H,1-3,6-7H2,(H2,15,17)(H,16,18). The average Bonchev–Trinajstić information content (AvgIpc) is 2.70. The number of carbonyl (C=O) groups is 1. The zero-order valence-electron chi connectivity index (χ0n) is 10.7. The molecule has 1 amide bonds. The number of hydrogen-bond acceptors (Lipinski definition) is 4. The van der Waals surface area contributed by atoms with Crippen molar-refractivity contribution < 1.29 is 4.79 Å². The van der Waals surface area contributed by atoms with Gasteiger partial charge in [-0.1, -0.05) is 30.6 Å². The second kappa shape index (κ2) is 5.17. The Balaban J connectivity index is 1.63. The summed E-state index contributed by atoms with van der Waals surface area (Å²) in [5.41, 5.74) is 7.20. The summed E-state index contributed by atoms with van der Waals surface area (Å²) in [6, 6.07) is 5.52. The summed E-state index contributed by atoms with van der Waals surface area (Å²) in [7, 11) is 0. The predicted octanol–water partition coefficient (Wildman–Crippen LogP) is 2.80. The van der Waals surface area contributed by atoms with E-state index in [0.717, 1.165) is 29.1 Å². The Labute approximate surface area is 116 Å². The van der Waals surface area contributed by atoms with Gasteiger partial charge in [0.05, 0.1) is 10.2 Å². The second-order valence-corrected chi connectivity index (χ2v) is 6.14. The summed E-state index contributed by atoms with van der Waals surface area (Å²) < 4.78 is 0.962. The van der Waals surface area contributed by atoms with E-state index >= 15 is 0 Å². The molecule has 0 unspecified atom stereocenters. The molecule has 0 atom stereocenters. The van der Waals surface area contributed by atoms with Crippen LogP contribution in [0.3, 0.4) is 0 Å². The SMILES string of the molecule is Nc1nc2ccc(C(=O)NCCC3CCC3)cc2s1. The van der Waals surface area contributed by atoms with Crippen molar-refractivity contribution in [1.82, 2.24) is 10.3 Å². The van der Waals surface area contributed by atoms with Crippen LogP contribution in [0.5, 0.6) is 0 Å². The zero-order valence-corrected chi connectivity index (χ0v) is 11.5. The number of fused-ring (bicyclic) bond motifs is 1. The molecule has 0 radical (unpaired) electrons. The molecule has 1 aliphatic rings. The van der Waals surface area contributed by atoms with E-state index in [-0.39, 0.29) is 5.91 Å². The van der Waals surface area contributed by atoms with Crippen LogP contribution < -0.4 is 11.1 Å². The van der Waals surface area contributed by atoms with E-state index in [9.17, 15) is 4.79 Å². The van der Waals surface area contributed by atoms with Gasteiger partial charge in [0.1, 0.15) is 0 Å². The number of benzene rings is 1. The molecule has 0 bridgehead atoms. The highest BCUT2D eigenvalue weighted by Gasteiger charge is 2.17. The average molecular weight is 275 g/mol. The van der Waals surface area contributed by atoms with E-state index in [4.69, 9.17) is 5.73 Å². The van der Waals surface area contributed by atoms with Gasteiger partial charge in [-0.3, -0.25) is 4.79 Å². The lowest BCUT2D eigenvalue weighted by atomic mass is 9.83. The van der Waals surface area contributed by atoms with E-state index in [1.54, 1.807) is 6.07 Å². The Hall–Kier alpha value is -1.62. The van der Waals surface area contributed by atoms with Crippen LogP contribution in [0.4, 0.5) is 5.13 Å². The highest BCUT2D eigenvalue weighted by molar-refractivity contribution is 7.22. The minimum atomic E-state index is -0.00630. The number of hydrogen-bond donors (Lipinski definition) is 2. The van der Waals surface area contributed by atoms with Gasteiger partial charge in [0, 0.05) is 12.1 Å². The maximum Gasteiger partial charge on any atom is 0.251 e. The third-order valence-electron chi connectivity index (χ3n) is 3.73. The smallest absolute Gasteiger partial charge is 0.251 e. The number of nitrogen functional groups attached to an aromatic ring is 1. The molecule has 1 aromatic carbocycles. The van der Waals surface area contributed by atoms with Crippen LogP contribution in [-0.2, 0) is 0 Å². The molecule has 3 N–H and O–H groups in total. The summed E-state index contributed by atoms with van der Waals surface area (Å²) >= 11 is 1.41. The van der Waals surface area contributed by atoms with Crippen LogP contribution >= 0.6 is 11.3 Å². The normalized spacial score (nSPS) is 15.4. The molecule has 0 spiro atoms. The topological polar surface area (TPSA) is 68.0 Å². The first-order chi connectivity index (χ1) is 9.22. The van der Waals surface area contributed by atoms with Crippen molar-refractivity contribution in [3.8, 4) is 0 Å². The van der Waals surface area contributed by atoms with Gasteiger partial charge < -0.3 is 11.1 Å². The van der Waals surface area contributed by atoms with E-state index in [0.29, 0.717) is 10.7 Å². The van der Waals surface area contributed by atoms with Crippen molar-refractivity contribution in [3.63, 3.8) is 0 Å². The highest BCUT2D eigenvalue weighted by atomic mass is 32.1. The van der Waals surface area contributed by atoms with Gasteiger partial charge in [0.2, 0.25) is 0 Å². The van der Waals surface area contributed by atoms with Crippen LogP contribution in [0.15, 0.2) is 18.2 Å². The summed E-state index contributed by atoms with van der Waals surface area (Å²) in [4.78, 5) is 16.2. The maximum atomic E-state index is 12.0. The molecule has 0 saturated heterocycles. The molecular weight excluding hydrogens is 258 g/mol. The molecule has 1 aromatic heterocycles. The van der Waals surface area contributed by atoms with Crippen molar-refractivity contribution in [2.24, 2.45) is 5.92 Å². The van der Waals surface area contributed by atoms with E-state index in [1.807, 2.05) is 12.1 Å². The van der Waals surface area contributed by atoms with Gasteiger partial charge in [-0.15, -0.1) is 0 Å². The van der Waals surface area contributed by atoms with E-state index in [2.05, 4.69) is 10.3 Å². The molecule has 100 valence electrons. The number of carbonyl (C=O) groups excluding carboxylic acids is 1. The Morgan fingerprint density at radius 2 is 2.32 bits per heavy atom. The lowest BCUT2D eigenvalue weighted by Crippen LogP contribution is -2.27. The minimum Gasteiger partial charge on any atom is -0.375 e. The fourth-order valence-corrected chi connectivity index (χ4v) is 3.13. The summed E-state index contributed by atoms with van der Waals surface area (Å²) in [5, 5.41) is 3.52.